The van der Waals surface area contributed by atoms with Crippen LogP contribution in [0.3, 0.4) is 0 Å². The molecular weight excluding hydrogens is 194 g/mol. The molecule has 0 atom stereocenters. The first-order valence-corrected chi connectivity index (χ1v) is 5.37. The predicted octanol–water partition coefficient (Wildman–Crippen LogP) is 0.754. The van der Waals surface area contributed by atoms with E-state index in [0.29, 0.717) is 18.7 Å². The van der Waals surface area contributed by atoms with Crippen LogP contribution in [0.4, 0.5) is 0 Å². The van der Waals surface area contributed by atoms with Crippen LogP contribution in [0.5, 0.6) is 0 Å². The van der Waals surface area contributed by atoms with Gasteiger partial charge in [0, 0.05) is 19.8 Å². The molecular formula is C11H19NO3. The summed E-state index contributed by atoms with van der Waals surface area (Å²) in [6.45, 7) is 6.39. The van der Waals surface area contributed by atoms with Crippen LogP contribution < -0.4 is 5.32 Å². The van der Waals surface area contributed by atoms with E-state index in [2.05, 4.69) is 19.2 Å². The average molecular weight is 213 g/mol. The maximum atomic E-state index is 10.8. The van der Waals surface area contributed by atoms with Crippen molar-refractivity contribution in [3.05, 3.63) is 0 Å². The summed E-state index contributed by atoms with van der Waals surface area (Å²) < 4.78 is 5.30. The van der Waals surface area contributed by atoms with Gasteiger partial charge in [-0.1, -0.05) is 13.8 Å². The summed E-state index contributed by atoms with van der Waals surface area (Å²) in [5.74, 6) is 0.0216. The van der Waals surface area contributed by atoms with Crippen molar-refractivity contribution in [3.63, 3.8) is 0 Å². The minimum Gasteiger partial charge on any atom is -0.381 e. The van der Waals surface area contributed by atoms with Gasteiger partial charge in [0.1, 0.15) is 0 Å². The van der Waals surface area contributed by atoms with Crippen LogP contribution in [0.1, 0.15) is 26.7 Å². The van der Waals surface area contributed by atoms with E-state index in [1.807, 2.05) is 0 Å². The zero-order valence-electron chi connectivity index (χ0n) is 9.41. The van der Waals surface area contributed by atoms with Gasteiger partial charge in [0.05, 0.1) is 0 Å². The summed E-state index contributed by atoms with van der Waals surface area (Å²) in [5.41, 5.74) is 0.0302. The molecule has 1 heterocycles. The van der Waals surface area contributed by atoms with Crippen molar-refractivity contribution in [2.45, 2.75) is 26.7 Å². The summed E-state index contributed by atoms with van der Waals surface area (Å²) >= 11 is 0. The van der Waals surface area contributed by atoms with Crippen molar-refractivity contribution in [3.8, 4) is 0 Å². The fraction of sp³-hybridized carbons (Fsp3) is 0.818. The average Bonchev–Trinajstić information content (AvgIpc) is 2.27. The molecule has 1 N–H and O–H groups in total. The van der Waals surface area contributed by atoms with Crippen molar-refractivity contribution >= 4 is 12.2 Å². The van der Waals surface area contributed by atoms with Crippen LogP contribution in [0, 0.1) is 11.3 Å². The molecule has 0 saturated carbocycles. The van der Waals surface area contributed by atoms with Crippen LogP contribution in [-0.2, 0) is 14.3 Å². The fourth-order valence-electron chi connectivity index (χ4n) is 1.98. The van der Waals surface area contributed by atoms with Gasteiger partial charge in [0.15, 0.2) is 0 Å². The molecule has 0 aromatic carbocycles. The number of ether oxygens (including phenoxy) is 1. The Bertz CT molecular complexity index is 232. The molecule has 86 valence electrons. The smallest absolute Gasteiger partial charge is 0.284 e. The molecule has 1 fully saturated rings. The predicted molar refractivity (Wildman–Crippen MR) is 56.4 cm³/mol. The first kappa shape index (κ1) is 12.2. The van der Waals surface area contributed by atoms with Crippen LogP contribution in [-0.4, -0.2) is 32.0 Å². The maximum absolute atomic E-state index is 10.8. The lowest BCUT2D eigenvalue weighted by Gasteiger charge is -2.36. The van der Waals surface area contributed by atoms with Crippen molar-refractivity contribution in [2.75, 3.05) is 19.8 Å². The second-order valence-electron chi connectivity index (χ2n) is 4.71. The van der Waals surface area contributed by atoms with Crippen molar-refractivity contribution in [1.29, 1.82) is 0 Å². The Kier molecular flexibility index (Phi) is 4.27. The van der Waals surface area contributed by atoms with Crippen molar-refractivity contribution in [1.82, 2.24) is 5.32 Å². The van der Waals surface area contributed by atoms with E-state index < -0.39 is 5.91 Å². The quantitative estimate of drug-likeness (QED) is 0.554. The van der Waals surface area contributed by atoms with Crippen LogP contribution in [0.2, 0.25) is 0 Å². The highest BCUT2D eigenvalue weighted by Gasteiger charge is 2.31. The summed E-state index contributed by atoms with van der Waals surface area (Å²) in [6, 6.07) is 0. The van der Waals surface area contributed by atoms with Crippen LogP contribution >= 0.6 is 0 Å². The Labute approximate surface area is 90.4 Å². The minimum absolute atomic E-state index is 0.0302. The Hall–Kier alpha value is -0.900. The molecule has 0 aromatic heterocycles. The highest BCUT2D eigenvalue weighted by Crippen LogP contribution is 2.33. The first-order valence-electron chi connectivity index (χ1n) is 5.37. The molecule has 0 unspecified atom stereocenters. The number of hydrogen-bond donors (Lipinski definition) is 1. The third-order valence-corrected chi connectivity index (χ3v) is 3.15. The molecule has 1 aliphatic rings. The second kappa shape index (κ2) is 5.26. The van der Waals surface area contributed by atoms with E-state index in [9.17, 15) is 9.59 Å². The van der Waals surface area contributed by atoms with Gasteiger partial charge >= 0.3 is 0 Å². The molecule has 1 saturated heterocycles. The normalized spacial score (nSPS) is 18.5. The third-order valence-electron chi connectivity index (χ3n) is 3.15. The molecule has 4 heteroatoms. The van der Waals surface area contributed by atoms with Gasteiger partial charge in [-0.05, 0) is 24.2 Å². The molecule has 1 aliphatic heterocycles. The first-order chi connectivity index (χ1) is 7.06. The number of rotatable bonds is 4. The molecule has 4 nitrogen and oxygen atoms in total. The molecule has 1 amide bonds. The van der Waals surface area contributed by atoms with Crippen LogP contribution in [0.15, 0.2) is 0 Å². The number of amides is 1. The lowest BCUT2D eigenvalue weighted by molar-refractivity contribution is -0.131. The summed E-state index contributed by atoms with van der Waals surface area (Å²) in [4.78, 5) is 21.0. The Morgan fingerprint density at radius 2 is 2.07 bits per heavy atom. The second-order valence-corrected chi connectivity index (χ2v) is 4.71. The van der Waals surface area contributed by atoms with Crippen LogP contribution in [0.25, 0.3) is 0 Å². The maximum Gasteiger partial charge on any atom is 0.284 e. The van der Waals surface area contributed by atoms with E-state index in [-0.39, 0.29) is 5.41 Å². The number of carbonyl (C=O) groups excluding carboxylic acids is 2. The topological polar surface area (TPSA) is 55.4 Å². The molecule has 15 heavy (non-hydrogen) atoms. The van der Waals surface area contributed by atoms with Gasteiger partial charge < -0.3 is 10.1 Å². The Balaban J connectivity index is 2.41. The largest absolute Gasteiger partial charge is 0.381 e. The minimum atomic E-state index is -0.532. The number of nitrogens with one attached hydrogen (secondary N) is 1. The van der Waals surface area contributed by atoms with E-state index >= 15 is 0 Å². The molecule has 0 aromatic rings. The van der Waals surface area contributed by atoms with Gasteiger partial charge in [-0.15, -0.1) is 0 Å². The van der Waals surface area contributed by atoms with Gasteiger partial charge in [0.2, 0.25) is 6.29 Å². The van der Waals surface area contributed by atoms with E-state index in [1.165, 1.54) is 0 Å². The van der Waals surface area contributed by atoms with E-state index in [1.54, 1.807) is 0 Å². The zero-order chi connectivity index (χ0) is 11.3. The highest BCUT2D eigenvalue weighted by atomic mass is 16.5. The Morgan fingerprint density at radius 1 is 1.47 bits per heavy atom. The molecule has 0 bridgehead atoms. The SMILES string of the molecule is CC(C)(CNC(=O)C=O)C1CCOCC1. The summed E-state index contributed by atoms with van der Waals surface area (Å²) in [5, 5.41) is 2.62. The van der Waals surface area contributed by atoms with E-state index in [0.717, 1.165) is 26.1 Å². The monoisotopic (exact) mass is 213 g/mol. The zero-order valence-corrected chi connectivity index (χ0v) is 9.41. The molecule has 1 rings (SSSR count). The fourth-order valence-corrected chi connectivity index (χ4v) is 1.98. The molecule has 0 radical (unpaired) electrons. The number of aldehydes is 1. The third kappa shape index (κ3) is 3.63. The van der Waals surface area contributed by atoms with Crippen molar-refractivity contribution in [2.24, 2.45) is 11.3 Å². The van der Waals surface area contributed by atoms with Gasteiger partial charge in [-0.3, -0.25) is 9.59 Å². The van der Waals surface area contributed by atoms with Gasteiger partial charge in [0.25, 0.3) is 5.91 Å². The lowest BCUT2D eigenvalue weighted by Crippen LogP contribution is -2.40. The highest BCUT2D eigenvalue weighted by molar-refractivity contribution is 6.23. The van der Waals surface area contributed by atoms with Gasteiger partial charge in [-0.2, -0.15) is 0 Å². The molecule has 0 aliphatic carbocycles. The molecule has 0 spiro atoms. The number of carbonyl (C=O) groups is 2. The lowest BCUT2D eigenvalue weighted by atomic mass is 9.74. The van der Waals surface area contributed by atoms with E-state index in [4.69, 9.17) is 4.74 Å². The Morgan fingerprint density at radius 3 is 2.60 bits per heavy atom. The van der Waals surface area contributed by atoms with Gasteiger partial charge in [-0.25, -0.2) is 0 Å². The number of hydrogen-bond acceptors (Lipinski definition) is 3. The summed E-state index contributed by atoms with van der Waals surface area (Å²) in [6.07, 6.45) is 2.38. The standard InChI is InChI=1S/C11H19NO3/c1-11(2,8-12-10(14)7-13)9-3-5-15-6-4-9/h7,9H,3-6,8H2,1-2H3,(H,12,14). The van der Waals surface area contributed by atoms with Crippen molar-refractivity contribution < 1.29 is 14.3 Å². The summed E-state index contributed by atoms with van der Waals surface area (Å²) in [7, 11) is 0.